The van der Waals surface area contributed by atoms with Crippen LogP contribution >= 0.6 is 0 Å². The highest BCUT2D eigenvalue weighted by molar-refractivity contribution is 5.68. The van der Waals surface area contributed by atoms with Gasteiger partial charge in [-0.25, -0.2) is 4.98 Å². The number of nitrogens with two attached hydrogens (primary N) is 1. The maximum Gasteiger partial charge on any atom is 0.417 e. The van der Waals surface area contributed by atoms with Gasteiger partial charge in [0.05, 0.1) is 23.0 Å². The number of aromatic nitrogens is 1. The van der Waals surface area contributed by atoms with Crippen LogP contribution < -0.4 is 15.8 Å². The van der Waals surface area contributed by atoms with E-state index in [-0.39, 0.29) is 18.0 Å². The zero-order chi connectivity index (χ0) is 18.7. The summed E-state index contributed by atoms with van der Waals surface area (Å²) in [4.78, 5) is 3.69. The first-order valence-electron chi connectivity index (χ1n) is 8.36. The van der Waals surface area contributed by atoms with E-state index in [1.165, 1.54) is 6.07 Å². The number of pyridine rings is 1. The van der Waals surface area contributed by atoms with Crippen molar-refractivity contribution in [3.63, 3.8) is 0 Å². The Balaban J connectivity index is 1.69. The fourth-order valence-electron chi connectivity index (χ4n) is 2.89. The summed E-state index contributed by atoms with van der Waals surface area (Å²) in [5.41, 5.74) is 6.39. The number of aliphatic hydroxyl groups excluding tert-OH is 1. The number of hydrogen-bond acceptors (Lipinski definition) is 5. The van der Waals surface area contributed by atoms with Gasteiger partial charge in [0, 0.05) is 24.4 Å². The summed E-state index contributed by atoms with van der Waals surface area (Å²) in [6.45, 7) is 0. The van der Waals surface area contributed by atoms with E-state index in [9.17, 15) is 18.3 Å². The van der Waals surface area contributed by atoms with Crippen LogP contribution in [-0.2, 0) is 6.18 Å². The third-order valence-corrected chi connectivity index (χ3v) is 4.37. The van der Waals surface area contributed by atoms with Gasteiger partial charge in [-0.05, 0) is 43.9 Å². The minimum absolute atomic E-state index is 0.0644. The van der Waals surface area contributed by atoms with E-state index < -0.39 is 11.7 Å². The number of anilines is 2. The lowest BCUT2D eigenvalue weighted by Crippen LogP contribution is -2.28. The lowest BCUT2D eigenvalue weighted by Gasteiger charge is -2.27. The van der Waals surface area contributed by atoms with Gasteiger partial charge in [-0.15, -0.1) is 0 Å². The summed E-state index contributed by atoms with van der Waals surface area (Å²) in [5.74, 6) is 0.485. The molecular formula is C18H20F3N3O2. The number of alkyl halides is 3. The molecule has 0 saturated heterocycles. The topological polar surface area (TPSA) is 80.4 Å². The van der Waals surface area contributed by atoms with Gasteiger partial charge < -0.3 is 20.9 Å². The summed E-state index contributed by atoms with van der Waals surface area (Å²) in [7, 11) is 0. The molecular weight excluding hydrogens is 347 g/mol. The van der Waals surface area contributed by atoms with Gasteiger partial charge in [0.2, 0.25) is 5.88 Å². The Morgan fingerprint density at radius 1 is 1.12 bits per heavy atom. The molecule has 0 aliphatic heterocycles. The average Bonchev–Trinajstić information content (AvgIpc) is 2.59. The Morgan fingerprint density at radius 2 is 1.85 bits per heavy atom. The van der Waals surface area contributed by atoms with Crippen LogP contribution in [0.3, 0.4) is 0 Å². The van der Waals surface area contributed by atoms with E-state index in [0.717, 1.165) is 37.9 Å². The van der Waals surface area contributed by atoms with Crippen LogP contribution in [0.2, 0.25) is 0 Å². The summed E-state index contributed by atoms with van der Waals surface area (Å²) in [5, 5.41) is 12.9. The average molecular weight is 367 g/mol. The van der Waals surface area contributed by atoms with Crippen molar-refractivity contribution in [3.05, 3.63) is 42.1 Å². The van der Waals surface area contributed by atoms with E-state index >= 15 is 0 Å². The molecule has 2 aromatic rings. The van der Waals surface area contributed by atoms with Crippen molar-refractivity contribution < 1.29 is 23.0 Å². The molecule has 3 rings (SSSR count). The van der Waals surface area contributed by atoms with E-state index in [0.29, 0.717) is 17.1 Å². The third-order valence-electron chi connectivity index (χ3n) is 4.37. The van der Waals surface area contributed by atoms with Crippen LogP contribution in [0.1, 0.15) is 31.2 Å². The Labute approximate surface area is 149 Å². The summed E-state index contributed by atoms with van der Waals surface area (Å²) in [6, 6.07) is 7.30. The van der Waals surface area contributed by atoms with E-state index in [1.54, 1.807) is 18.2 Å². The highest BCUT2D eigenvalue weighted by Gasteiger charge is 2.30. The second-order valence-electron chi connectivity index (χ2n) is 6.38. The smallest absolute Gasteiger partial charge is 0.417 e. The van der Waals surface area contributed by atoms with E-state index in [4.69, 9.17) is 10.5 Å². The van der Waals surface area contributed by atoms with Gasteiger partial charge in [0.15, 0.2) is 0 Å². The lowest BCUT2D eigenvalue weighted by atomic mass is 9.93. The minimum Gasteiger partial charge on any atom is -0.439 e. The molecule has 0 unspecified atom stereocenters. The van der Waals surface area contributed by atoms with E-state index in [1.807, 2.05) is 0 Å². The summed E-state index contributed by atoms with van der Waals surface area (Å²) < 4.78 is 43.2. The molecule has 1 aliphatic carbocycles. The van der Waals surface area contributed by atoms with Gasteiger partial charge >= 0.3 is 6.18 Å². The Bertz CT molecular complexity index is 742. The second-order valence-corrected chi connectivity index (χ2v) is 6.38. The van der Waals surface area contributed by atoms with Gasteiger partial charge in [-0.2, -0.15) is 13.2 Å². The predicted octanol–water partition coefficient (Wildman–Crippen LogP) is 4.19. The highest BCUT2D eigenvalue weighted by atomic mass is 19.4. The number of benzene rings is 1. The molecule has 1 aromatic heterocycles. The van der Waals surface area contributed by atoms with Gasteiger partial charge in [-0.1, -0.05) is 0 Å². The fourth-order valence-corrected chi connectivity index (χ4v) is 2.89. The number of ether oxygens (including phenoxy) is 1. The van der Waals surface area contributed by atoms with Gasteiger partial charge in [-0.3, -0.25) is 0 Å². The SMILES string of the molecule is Nc1ccc(Oc2ccc(C(F)(F)F)cn2)cc1N[C@H]1CC[C@@H](O)CC1. The summed E-state index contributed by atoms with van der Waals surface area (Å²) in [6.07, 6.45) is -0.785. The standard InChI is InChI=1S/C18H20F3N3O2/c19-18(20,21)11-1-8-17(23-10-11)26-14-6-7-15(22)16(9-14)24-12-2-4-13(25)5-3-12/h1,6-10,12-13,24-25H,2-5,22H2/t12-,13+. The molecule has 1 saturated carbocycles. The third kappa shape index (κ3) is 4.57. The normalized spacial score (nSPS) is 20.6. The van der Waals surface area contributed by atoms with Gasteiger partial charge in [0.25, 0.3) is 0 Å². The van der Waals surface area contributed by atoms with Crippen molar-refractivity contribution in [2.45, 2.75) is 44.0 Å². The van der Waals surface area contributed by atoms with Crippen molar-refractivity contribution >= 4 is 11.4 Å². The molecule has 0 bridgehead atoms. The second kappa shape index (κ2) is 7.41. The van der Waals surface area contributed by atoms with Crippen LogP contribution in [0.5, 0.6) is 11.6 Å². The zero-order valence-electron chi connectivity index (χ0n) is 14.0. The van der Waals surface area contributed by atoms with Crippen LogP contribution in [0.4, 0.5) is 24.5 Å². The maximum absolute atomic E-state index is 12.6. The number of nitrogens with one attached hydrogen (secondary N) is 1. The lowest BCUT2D eigenvalue weighted by molar-refractivity contribution is -0.137. The molecule has 140 valence electrons. The molecule has 1 fully saturated rings. The number of halogens is 3. The quantitative estimate of drug-likeness (QED) is 0.706. The van der Waals surface area contributed by atoms with Crippen molar-refractivity contribution in [1.29, 1.82) is 0 Å². The fraction of sp³-hybridized carbons (Fsp3) is 0.389. The van der Waals surface area contributed by atoms with Crippen LogP contribution in [0.25, 0.3) is 0 Å². The molecule has 1 aliphatic rings. The zero-order valence-corrected chi connectivity index (χ0v) is 14.0. The molecule has 8 heteroatoms. The monoisotopic (exact) mass is 367 g/mol. The molecule has 1 aromatic carbocycles. The Morgan fingerprint density at radius 3 is 2.46 bits per heavy atom. The Kier molecular flexibility index (Phi) is 5.22. The van der Waals surface area contributed by atoms with Crippen molar-refractivity contribution in [2.75, 3.05) is 11.1 Å². The molecule has 0 atom stereocenters. The molecule has 0 spiro atoms. The molecule has 26 heavy (non-hydrogen) atoms. The number of nitrogens with zero attached hydrogens (tertiary/aromatic N) is 1. The number of rotatable bonds is 4. The van der Waals surface area contributed by atoms with Crippen molar-refractivity contribution in [1.82, 2.24) is 4.98 Å². The maximum atomic E-state index is 12.6. The van der Waals surface area contributed by atoms with Crippen LogP contribution in [-0.4, -0.2) is 22.2 Å². The van der Waals surface area contributed by atoms with Gasteiger partial charge in [0.1, 0.15) is 5.75 Å². The Hall–Kier alpha value is -2.48. The van der Waals surface area contributed by atoms with Crippen LogP contribution in [0, 0.1) is 0 Å². The highest BCUT2D eigenvalue weighted by Crippen LogP contribution is 2.32. The largest absolute Gasteiger partial charge is 0.439 e. The van der Waals surface area contributed by atoms with Crippen molar-refractivity contribution in [2.24, 2.45) is 0 Å². The van der Waals surface area contributed by atoms with Crippen molar-refractivity contribution in [3.8, 4) is 11.6 Å². The molecule has 0 radical (unpaired) electrons. The first kappa shape index (κ1) is 18.3. The van der Waals surface area contributed by atoms with Crippen LogP contribution in [0.15, 0.2) is 36.5 Å². The first-order valence-corrected chi connectivity index (χ1v) is 8.36. The molecule has 5 nitrogen and oxygen atoms in total. The first-order chi connectivity index (χ1) is 12.3. The molecule has 0 amide bonds. The minimum atomic E-state index is -4.43. The number of nitrogen functional groups attached to an aromatic ring is 1. The molecule has 1 heterocycles. The predicted molar refractivity (Wildman–Crippen MR) is 92.1 cm³/mol. The van der Waals surface area contributed by atoms with E-state index in [2.05, 4.69) is 10.3 Å². The number of aliphatic hydroxyl groups is 1. The molecule has 4 N–H and O–H groups in total. The number of hydrogen-bond donors (Lipinski definition) is 3. The summed E-state index contributed by atoms with van der Waals surface area (Å²) >= 11 is 0.